The van der Waals surface area contributed by atoms with E-state index >= 15 is 0 Å². The lowest BCUT2D eigenvalue weighted by atomic mass is 10.2. The zero-order valence-corrected chi connectivity index (χ0v) is 8.48. The van der Waals surface area contributed by atoms with Crippen molar-refractivity contribution in [3.8, 4) is 0 Å². The van der Waals surface area contributed by atoms with Crippen LogP contribution in [-0.2, 0) is 0 Å². The summed E-state index contributed by atoms with van der Waals surface area (Å²) in [6.45, 7) is 6.12. The highest BCUT2D eigenvalue weighted by molar-refractivity contribution is 7.17. The van der Waals surface area contributed by atoms with Crippen molar-refractivity contribution in [1.82, 2.24) is 4.98 Å². The Hall–Kier alpha value is -0.890. The van der Waals surface area contributed by atoms with E-state index in [1.165, 1.54) is 15.6 Å². The van der Waals surface area contributed by atoms with Crippen molar-refractivity contribution in [1.29, 1.82) is 0 Å². The molecule has 0 N–H and O–H groups in total. The van der Waals surface area contributed by atoms with E-state index < -0.39 is 0 Å². The van der Waals surface area contributed by atoms with Gasteiger partial charge in [0.2, 0.25) is 0 Å². The molecule has 64 valence electrons. The highest BCUT2D eigenvalue weighted by Gasteiger charge is 1.96. The van der Waals surface area contributed by atoms with E-state index in [0.29, 0.717) is 0 Å². The molecular weight excluding hydrogens is 166 g/mol. The summed E-state index contributed by atoms with van der Waals surface area (Å²) in [6, 6.07) is 2.06. The van der Waals surface area contributed by atoms with E-state index in [2.05, 4.69) is 23.4 Å². The van der Waals surface area contributed by atoms with Gasteiger partial charge in [-0.05, 0) is 29.3 Å². The Morgan fingerprint density at radius 2 is 2.08 bits per heavy atom. The van der Waals surface area contributed by atoms with Gasteiger partial charge in [0.1, 0.15) is 0 Å². The topological polar surface area (TPSA) is 12.9 Å². The van der Waals surface area contributed by atoms with Gasteiger partial charge in [-0.15, -0.1) is 11.3 Å². The predicted octanol–water partition coefficient (Wildman–Crippen LogP) is 3.63. The standard InChI is InChI=1S/C8H7NS.C2H6/c1-6-5-10-8-4-9-3-2-7(6)8;1-2/h2-5H,1H3;1-2H3. The second-order valence-corrected chi connectivity index (χ2v) is 3.20. The predicted molar refractivity (Wildman–Crippen MR) is 55.7 cm³/mol. The van der Waals surface area contributed by atoms with E-state index in [4.69, 9.17) is 0 Å². The zero-order valence-electron chi connectivity index (χ0n) is 7.66. The van der Waals surface area contributed by atoms with E-state index in [1.807, 2.05) is 26.2 Å². The fraction of sp³-hybridized carbons (Fsp3) is 0.300. The summed E-state index contributed by atoms with van der Waals surface area (Å²) in [5.41, 5.74) is 1.35. The van der Waals surface area contributed by atoms with Crippen LogP contribution < -0.4 is 0 Å². The van der Waals surface area contributed by atoms with Crippen molar-refractivity contribution in [3.63, 3.8) is 0 Å². The number of aryl methyl sites for hydroxylation is 1. The molecule has 0 saturated heterocycles. The highest BCUT2D eigenvalue weighted by atomic mass is 32.1. The molecule has 12 heavy (non-hydrogen) atoms. The van der Waals surface area contributed by atoms with E-state index in [9.17, 15) is 0 Å². The molecule has 2 rings (SSSR count). The molecule has 0 aliphatic rings. The van der Waals surface area contributed by atoms with Crippen LogP contribution in [0.5, 0.6) is 0 Å². The molecule has 0 aliphatic carbocycles. The van der Waals surface area contributed by atoms with Crippen molar-refractivity contribution in [2.24, 2.45) is 0 Å². The third kappa shape index (κ3) is 1.64. The molecule has 0 atom stereocenters. The van der Waals surface area contributed by atoms with Crippen molar-refractivity contribution in [3.05, 3.63) is 29.4 Å². The number of hydrogen-bond donors (Lipinski definition) is 0. The minimum absolute atomic E-state index is 1.28. The molecular formula is C10H13NS. The maximum Gasteiger partial charge on any atom is 0.0528 e. The van der Waals surface area contributed by atoms with Gasteiger partial charge in [-0.1, -0.05) is 13.8 Å². The average molecular weight is 179 g/mol. The first kappa shape index (κ1) is 9.20. The molecule has 2 heterocycles. The lowest BCUT2D eigenvalue weighted by Gasteiger charge is -1.86. The lowest BCUT2D eigenvalue weighted by Crippen LogP contribution is -1.68. The van der Waals surface area contributed by atoms with Gasteiger partial charge in [-0.25, -0.2) is 0 Å². The summed E-state index contributed by atoms with van der Waals surface area (Å²) in [7, 11) is 0. The maximum absolute atomic E-state index is 4.04. The Labute approximate surface area is 77.1 Å². The Balaban J connectivity index is 0.000000336. The molecule has 0 aliphatic heterocycles. The molecule has 0 fully saturated rings. The van der Waals surface area contributed by atoms with E-state index in [0.717, 1.165) is 0 Å². The quantitative estimate of drug-likeness (QED) is 0.601. The van der Waals surface area contributed by atoms with Gasteiger partial charge in [-0.2, -0.15) is 0 Å². The fourth-order valence-corrected chi connectivity index (χ4v) is 1.92. The summed E-state index contributed by atoms with van der Waals surface area (Å²) in [6.07, 6.45) is 3.75. The fourth-order valence-electron chi connectivity index (χ4n) is 1.02. The minimum atomic E-state index is 1.28. The Morgan fingerprint density at radius 1 is 1.33 bits per heavy atom. The van der Waals surface area contributed by atoms with E-state index in [1.54, 1.807) is 11.3 Å². The molecule has 2 aromatic rings. The molecule has 0 unspecified atom stereocenters. The maximum atomic E-state index is 4.04. The van der Waals surface area contributed by atoms with Crippen molar-refractivity contribution >= 4 is 21.4 Å². The van der Waals surface area contributed by atoms with Crippen LogP contribution in [0.1, 0.15) is 19.4 Å². The van der Waals surface area contributed by atoms with Crippen molar-refractivity contribution in [2.45, 2.75) is 20.8 Å². The second kappa shape index (κ2) is 4.21. The Bertz CT molecular complexity index is 351. The van der Waals surface area contributed by atoms with Crippen LogP contribution in [0.3, 0.4) is 0 Å². The van der Waals surface area contributed by atoms with Crippen LogP contribution in [0.4, 0.5) is 0 Å². The largest absolute Gasteiger partial charge is 0.263 e. The normalized spacial score (nSPS) is 9.25. The first-order chi connectivity index (χ1) is 5.88. The van der Waals surface area contributed by atoms with Crippen LogP contribution in [-0.4, -0.2) is 4.98 Å². The van der Waals surface area contributed by atoms with Gasteiger partial charge in [0, 0.05) is 12.4 Å². The Morgan fingerprint density at radius 3 is 2.75 bits per heavy atom. The molecule has 0 bridgehead atoms. The van der Waals surface area contributed by atoms with Gasteiger partial charge in [0.05, 0.1) is 4.70 Å². The van der Waals surface area contributed by atoms with Gasteiger partial charge in [0.25, 0.3) is 0 Å². The van der Waals surface area contributed by atoms with Gasteiger partial charge in [-0.3, -0.25) is 4.98 Å². The SMILES string of the molecule is CC.Cc1csc2cnccc12. The second-order valence-electron chi connectivity index (χ2n) is 2.29. The van der Waals surface area contributed by atoms with E-state index in [-0.39, 0.29) is 0 Å². The number of rotatable bonds is 0. The summed E-state index contributed by atoms with van der Waals surface area (Å²) >= 11 is 1.75. The van der Waals surface area contributed by atoms with Gasteiger partial charge < -0.3 is 0 Å². The first-order valence-corrected chi connectivity index (χ1v) is 5.04. The third-order valence-corrected chi connectivity index (χ3v) is 2.62. The summed E-state index contributed by atoms with van der Waals surface area (Å²) < 4.78 is 1.28. The highest BCUT2D eigenvalue weighted by Crippen LogP contribution is 2.23. The number of nitrogens with zero attached hydrogens (tertiary/aromatic N) is 1. The minimum Gasteiger partial charge on any atom is -0.263 e. The smallest absolute Gasteiger partial charge is 0.0528 e. The molecule has 0 spiro atoms. The molecule has 0 radical (unpaired) electrons. The summed E-state index contributed by atoms with van der Waals surface area (Å²) in [4.78, 5) is 4.04. The number of thiophene rings is 1. The number of fused-ring (bicyclic) bond motifs is 1. The third-order valence-electron chi connectivity index (χ3n) is 1.57. The zero-order chi connectivity index (χ0) is 8.97. The monoisotopic (exact) mass is 179 g/mol. The van der Waals surface area contributed by atoms with Crippen LogP contribution in [0, 0.1) is 6.92 Å². The first-order valence-electron chi connectivity index (χ1n) is 4.16. The number of aromatic nitrogens is 1. The molecule has 0 saturated carbocycles. The lowest BCUT2D eigenvalue weighted by molar-refractivity contribution is 1.37. The number of pyridine rings is 1. The van der Waals surface area contributed by atoms with Crippen molar-refractivity contribution in [2.75, 3.05) is 0 Å². The van der Waals surface area contributed by atoms with Crippen LogP contribution in [0.25, 0.3) is 10.1 Å². The van der Waals surface area contributed by atoms with Crippen LogP contribution in [0.15, 0.2) is 23.8 Å². The molecule has 2 aromatic heterocycles. The van der Waals surface area contributed by atoms with Gasteiger partial charge in [0.15, 0.2) is 0 Å². The van der Waals surface area contributed by atoms with Crippen molar-refractivity contribution < 1.29 is 0 Å². The van der Waals surface area contributed by atoms with Crippen LogP contribution >= 0.6 is 11.3 Å². The Kier molecular flexibility index (Phi) is 3.23. The average Bonchev–Trinajstić information content (AvgIpc) is 2.53. The molecule has 2 heteroatoms. The molecule has 1 nitrogen and oxygen atoms in total. The molecule has 0 amide bonds. The summed E-state index contributed by atoms with van der Waals surface area (Å²) in [5.74, 6) is 0. The number of hydrogen-bond acceptors (Lipinski definition) is 2. The van der Waals surface area contributed by atoms with Gasteiger partial charge >= 0.3 is 0 Å². The van der Waals surface area contributed by atoms with Crippen LogP contribution in [0.2, 0.25) is 0 Å². The summed E-state index contributed by atoms with van der Waals surface area (Å²) in [5, 5.41) is 3.49. The molecule has 0 aromatic carbocycles.